The molecule has 1 aliphatic rings. The fourth-order valence-electron chi connectivity index (χ4n) is 4.00. The van der Waals surface area contributed by atoms with E-state index < -0.39 is 36.0 Å². The SMILES string of the molecule is O=C(O[C@H]1C(=O)N(c2cccc3ccccc23)C(=O)[C@@H]1OC(=O)c1ccccc1)c1ccccc1. The first-order valence-electron chi connectivity index (χ1n) is 10.9. The van der Waals surface area contributed by atoms with Gasteiger partial charge in [-0.25, -0.2) is 14.5 Å². The molecule has 0 aliphatic carbocycles. The normalized spacial score (nSPS) is 17.4. The van der Waals surface area contributed by atoms with Gasteiger partial charge in [0.1, 0.15) is 0 Å². The van der Waals surface area contributed by atoms with Crippen LogP contribution in [-0.2, 0) is 19.1 Å². The number of imide groups is 1. The summed E-state index contributed by atoms with van der Waals surface area (Å²) in [5.74, 6) is -3.20. The molecule has 1 fully saturated rings. The second-order valence-electron chi connectivity index (χ2n) is 7.89. The monoisotopic (exact) mass is 465 g/mol. The minimum absolute atomic E-state index is 0.199. The molecule has 2 atom stereocenters. The Bertz CT molecular complexity index is 1360. The van der Waals surface area contributed by atoms with E-state index in [1.54, 1.807) is 60.7 Å². The average molecular weight is 465 g/mol. The molecular formula is C28H19NO6. The fraction of sp³-hybridized carbons (Fsp3) is 0.0714. The Morgan fingerprint density at radius 3 is 1.57 bits per heavy atom. The molecule has 1 aliphatic heterocycles. The second-order valence-corrected chi connectivity index (χ2v) is 7.89. The van der Waals surface area contributed by atoms with Crippen LogP contribution in [0.3, 0.4) is 0 Å². The van der Waals surface area contributed by atoms with Crippen LogP contribution < -0.4 is 4.90 Å². The molecule has 5 rings (SSSR count). The molecule has 1 saturated heterocycles. The molecule has 0 N–H and O–H groups in total. The second kappa shape index (κ2) is 9.23. The number of carbonyl (C=O) groups excluding carboxylic acids is 4. The van der Waals surface area contributed by atoms with Crippen LogP contribution in [0.2, 0.25) is 0 Å². The molecule has 4 aromatic carbocycles. The molecule has 1 heterocycles. The van der Waals surface area contributed by atoms with E-state index in [1.165, 1.54) is 24.3 Å². The van der Waals surface area contributed by atoms with Crippen molar-refractivity contribution in [3.8, 4) is 0 Å². The lowest BCUT2D eigenvalue weighted by molar-refractivity contribution is -0.130. The molecule has 0 aromatic heterocycles. The van der Waals surface area contributed by atoms with Gasteiger partial charge in [0.25, 0.3) is 11.8 Å². The first kappa shape index (κ1) is 22.0. The molecule has 2 amide bonds. The molecule has 0 unspecified atom stereocenters. The molecule has 7 nitrogen and oxygen atoms in total. The number of esters is 2. The summed E-state index contributed by atoms with van der Waals surface area (Å²) in [5, 5.41) is 1.47. The van der Waals surface area contributed by atoms with Crippen LogP contribution in [0.4, 0.5) is 5.69 Å². The number of ether oxygens (including phenoxy) is 2. The maximum Gasteiger partial charge on any atom is 0.339 e. The van der Waals surface area contributed by atoms with E-state index in [1.807, 2.05) is 18.2 Å². The van der Waals surface area contributed by atoms with Crippen LogP contribution >= 0.6 is 0 Å². The van der Waals surface area contributed by atoms with E-state index in [-0.39, 0.29) is 11.1 Å². The number of anilines is 1. The van der Waals surface area contributed by atoms with E-state index in [0.29, 0.717) is 11.1 Å². The molecule has 7 heteroatoms. The van der Waals surface area contributed by atoms with Crippen molar-refractivity contribution in [3.63, 3.8) is 0 Å². The summed E-state index contributed by atoms with van der Waals surface area (Å²) in [7, 11) is 0. The van der Waals surface area contributed by atoms with Gasteiger partial charge in [-0.3, -0.25) is 9.59 Å². The number of benzene rings is 4. The van der Waals surface area contributed by atoms with Gasteiger partial charge in [-0.15, -0.1) is 0 Å². The zero-order chi connectivity index (χ0) is 24.4. The molecule has 0 radical (unpaired) electrons. The number of nitrogens with zero attached hydrogens (tertiary/aromatic N) is 1. The highest BCUT2D eigenvalue weighted by molar-refractivity contribution is 6.27. The third kappa shape index (κ3) is 4.15. The third-order valence-electron chi connectivity index (χ3n) is 5.70. The van der Waals surface area contributed by atoms with Gasteiger partial charge in [-0.05, 0) is 35.7 Å². The lowest BCUT2D eigenvalue weighted by atomic mass is 10.1. The van der Waals surface area contributed by atoms with Crippen LogP contribution in [0.15, 0.2) is 103 Å². The van der Waals surface area contributed by atoms with Crippen molar-refractivity contribution < 1.29 is 28.7 Å². The first-order chi connectivity index (χ1) is 17.0. The highest BCUT2D eigenvalue weighted by Gasteiger charge is 2.53. The fourth-order valence-corrected chi connectivity index (χ4v) is 4.00. The maximum absolute atomic E-state index is 13.5. The minimum Gasteiger partial charge on any atom is -0.444 e. The van der Waals surface area contributed by atoms with Gasteiger partial charge < -0.3 is 9.47 Å². The summed E-state index contributed by atoms with van der Waals surface area (Å²) >= 11 is 0. The Hall–Kier alpha value is -4.78. The first-order valence-corrected chi connectivity index (χ1v) is 10.9. The number of carbonyl (C=O) groups is 4. The molecular weight excluding hydrogens is 446 g/mol. The topological polar surface area (TPSA) is 90.0 Å². The van der Waals surface area contributed by atoms with Crippen LogP contribution in [0.5, 0.6) is 0 Å². The Balaban J connectivity index is 1.53. The molecule has 4 aromatic rings. The maximum atomic E-state index is 13.5. The predicted octanol–water partition coefficient (Wildman–Crippen LogP) is 4.16. The van der Waals surface area contributed by atoms with Gasteiger partial charge >= 0.3 is 11.9 Å². The smallest absolute Gasteiger partial charge is 0.339 e. The van der Waals surface area contributed by atoms with Gasteiger partial charge in [0.05, 0.1) is 16.8 Å². The van der Waals surface area contributed by atoms with Crippen molar-refractivity contribution in [2.24, 2.45) is 0 Å². The minimum atomic E-state index is -1.64. The number of rotatable bonds is 5. The van der Waals surface area contributed by atoms with Gasteiger partial charge in [-0.1, -0.05) is 72.8 Å². The lowest BCUT2D eigenvalue weighted by Gasteiger charge is -2.16. The zero-order valence-electron chi connectivity index (χ0n) is 18.4. The van der Waals surface area contributed by atoms with Crippen molar-refractivity contribution in [1.29, 1.82) is 0 Å². The van der Waals surface area contributed by atoms with E-state index in [0.717, 1.165) is 10.3 Å². The third-order valence-corrected chi connectivity index (χ3v) is 5.70. The standard InChI is InChI=1S/C28H19NO6/c30-25-23(34-27(32)19-11-3-1-4-12-19)24(35-28(33)20-13-5-2-6-14-20)26(31)29(25)22-17-9-15-18-10-7-8-16-21(18)22/h1-17,23-24H/t23-,24-/m1/s1. The van der Waals surface area contributed by atoms with Crippen molar-refractivity contribution in [1.82, 2.24) is 0 Å². The van der Waals surface area contributed by atoms with E-state index >= 15 is 0 Å². The molecule has 0 saturated carbocycles. The van der Waals surface area contributed by atoms with Crippen LogP contribution in [-0.4, -0.2) is 36.0 Å². The van der Waals surface area contributed by atoms with Crippen molar-refractivity contribution in [2.45, 2.75) is 12.2 Å². The van der Waals surface area contributed by atoms with Crippen molar-refractivity contribution in [2.75, 3.05) is 4.90 Å². The lowest BCUT2D eigenvalue weighted by Crippen LogP contribution is -2.37. The molecule has 0 spiro atoms. The summed E-state index contributed by atoms with van der Waals surface area (Å²) in [6, 6.07) is 28.6. The summed E-state index contributed by atoms with van der Waals surface area (Å²) in [6.45, 7) is 0. The largest absolute Gasteiger partial charge is 0.444 e. The van der Waals surface area contributed by atoms with E-state index in [4.69, 9.17) is 9.47 Å². The highest BCUT2D eigenvalue weighted by atomic mass is 16.6. The quantitative estimate of drug-likeness (QED) is 0.325. The van der Waals surface area contributed by atoms with Gasteiger partial charge in [0, 0.05) is 5.39 Å². The summed E-state index contributed by atoms with van der Waals surface area (Å²) < 4.78 is 10.9. The van der Waals surface area contributed by atoms with Gasteiger partial charge in [0.15, 0.2) is 0 Å². The molecule has 172 valence electrons. The number of hydrogen-bond acceptors (Lipinski definition) is 6. The van der Waals surface area contributed by atoms with Crippen LogP contribution in [0.1, 0.15) is 20.7 Å². The average Bonchev–Trinajstić information content (AvgIpc) is 3.13. The molecule has 0 bridgehead atoms. The molecule has 35 heavy (non-hydrogen) atoms. The van der Waals surface area contributed by atoms with E-state index in [2.05, 4.69) is 0 Å². The Kier molecular flexibility index (Phi) is 5.81. The van der Waals surface area contributed by atoms with Crippen LogP contribution in [0.25, 0.3) is 10.8 Å². The highest BCUT2D eigenvalue weighted by Crippen LogP contribution is 2.33. The number of hydrogen-bond donors (Lipinski definition) is 0. The summed E-state index contributed by atoms with van der Waals surface area (Å²) in [5.41, 5.74) is 0.714. The zero-order valence-corrected chi connectivity index (χ0v) is 18.4. The predicted molar refractivity (Wildman–Crippen MR) is 128 cm³/mol. The van der Waals surface area contributed by atoms with Crippen LogP contribution in [0, 0.1) is 0 Å². The van der Waals surface area contributed by atoms with E-state index in [9.17, 15) is 19.2 Å². The number of fused-ring (bicyclic) bond motifs is 1. The van der Waals surface area contributed by atoms with Crippen molar-refractivity contribution in [3.05, 3.63) is 114 Å². The Labute approximate surface area is 200 Å². The summed E-state index contributed by atoms with van der Waals surface area (Å²) in [4.78, 5) is 53.4. The Morgan fingerprint density at radius 1 is 0.571 bits per heavy atom. The van der Waals surface area contributed by atoms with Gasteiger partial charge in [0.2, 0.25) is 12.2 Å². The van der Waals surface area contributed by atoms with Gasteiger partial charge in [-0.2, -0.15) is 0 Å². The number of amides is 2. The summed E-state index contributed by atoms with van der Waals surface area (Å²) in [6.07, 6.45) is -3.27. The van der Waals surface area contributed by atoms with Crippen molar-refractivity contribution >= 4 is 40.2 Å². The Morgan fingerprint density at radius 2 is 1.03 bits per heavy atom.